The van der Waals surface area contributed by atoms with E-state index < -0.39 is 5.97 Å². The summed E-state index contributed by atoms with van der Waals surface area (Å²) in [6.45, 7) is 6.04. The molecule has 2 N–H and O–H groups in total. The molecule has 1 amide bonds. The molecule has 116 valence electrons. The van der Waals surface area contributed by atoms with Crippen molar-refractivity contribution in [2.75, 3.05) is 0 Å². The largest absolute Gasteiger partial charge is 0.478 e. The minimum absolute atomic E-state index is 0.158. The number of carbonyl (C=O) groups is 2. The summed E-state index contributed by atoms with van der Waals surface area (Å²) in [6, 6.07) is 5.65. The van der Waals surface area contributed by atoms with Gasteiger partial charge in [0.2, 0.25) is 0 Å². The van der Waals surface area contributed by atoms with E-state index in [1.54, 1.807) is 11.3 Å². The number of carbonyl (C=O) groups excluding carboxylic acids is 1. The van der Waals surface area contributed by atoms with Crippen LogP contribution in [0.15, 0.2) is 29.6 Å². The molecule has 1 heterocycles. The quantitative estimate of drug-likeness (QED) is 0.885. The van der Waals surface area contributed by atoms with Gasteiger partial charge in [0.15, 0.2) is 0 Å². The summed E-state index contributed by atoms with van der Waals surface area (Å²) in [7, 11) is 0. The average Bonchev–Trinajstić information content (AvgIpc) is 2.97. The molecule has 22 heavy (non-hydrogen) atoms. The fourth-order valence-electron chi connectivity index (χ4n) is 1.88. The Labute approximate surface area is 133 Å². The second-order valence-electron chi connectivity index (χ2n) is 5.34. The number of benzene rings is 1. The summed E-state index contributed by atoms with van der Waals surface area (Å²) in [4.78, 5) is 27.5. The average molecular weight is 318 g/mol. The highest BCUT2D eigenvalue weighted by atomic mass is 32.1. The normalized spacial score (nSPS) is 12.2. The zero-order valence-corrected chi connectivity index (χ0v) is 13.5. The van der Waals surface area contributed by atoms with Crippen LogP contribution in [0, 0.1) is 0 Å². The Morgan fingerprint density at radius 3 is 2.23 bits per heavy atom. The SMILES string of the molecule is CC(C)c1nc([C@H](C)NC(=O)c2ccc(C(=O)O)cc2)cs1. The molecule has 0 fully saturated rings. The second-order valence-corrected chi connectivity index (χ2v) is 6.23. The summed E-state index contributed by atoms with van der Waals surface area (Å²) < 4.78 is 0. The van der Waals surface area contributed by atoms with Gasteiger partial charge in [-0.1, -0.05) is 13.8 Å². The van der Waals surface area contributed by atoms with Gasteiger partial charge < -0.3 is 10.4 Å². The van der Waals surface area contributed by atoms with E-state index in [9.17, 15) is 9.59 Å². The molecular weight excluding hydrogens is 300 g/mol. The van der Waals surface area contributed by atoms with Crippen LogP contribution in [-0.2, 0) is 0 Å². The lowest BCUT2D eigenvalue weighted by Gasteiger charge is -2.12. The van der Waals surface area contributed by atoms with E-state index in [4.69, 9.17) is 5.11 Å². The number of nitrogens with one attached hydrogen (secondary N) is 1. The first-order valence-corrected chi connectivity index (χ1v) is 7.86. The third-order valence-electron chi connectivity index (χ3n) is 3.22. The molecule has 0 aliphatic heterocycles. The zero-order valence-electron chi connectivity index (χ0n) is 12.7. The van der Waals surface area contributed by atoms with Crippen molar-refractivity contribution in [1.82, 2.24) is 10.3 Å². The summed E-state index contributed by atoms with van der Waals surface area (Å²) >= 11 is 1.59. The number of thiazole rings is 1. The molecule has 0 aliphatic rings. The van der Waals surface area contributed by atoms with E-state index in [-0.39, 0.29) is 17.5 Å². The Balaban J connectivity index is 2.05. The van der Waals surface area contributed by atoms with Crippen molar-refractivity contribution in [3.63, 3.8) is 0 Å². The highest BCUT2D eigenvalue weighted by Gasteiger charge is 2.15. The zero-order chi connectivity index (χ0) is 16.3. The molecule has 1 atom stereocenters. The first-order valence-electron chi connectivity index (χ1n) is 6.98. The van der Waals surface area contributed by atoms with Crippen LogP contribution in [0.5, 0.6) is 0 Å². The van der Waals surface area contributed by atoms with Crippen LogP contribution in [0.25, 0.3) is 0 Å². The van der Waals surface area contributed by atoms with E-state index in [1.165, 1.54) is 24.3 Å². The molecule has 0 bridgehead atoms. The van der Waals surface area contributed by atoms with Crippen LogP contribution in [-0.4, -0.2) is 22.0 Å². The number of amides is 1. The second kappa shape index (κ2) is 6.70. The van der Waals surface area contributed by atoms with Gasteiger partial charge in [-0.3, -0.25) is 4.79 Å². The van der Waals surface area contributed by atoms with Gasteiger partial charge in [0.25, 0.3) is 5.91 Å². The Kier molecular flexibility index (Phi) is 4.92. The smallest absolute Gasteiger partial charge is 0.335 e. The fourth-order valence-corrected chi connectivity index (χ4v) is 2.81. The molecular formula is C16H18N2O3S. The molecule has 5 nitrogen and oxygen atoms in total. The first kappa shape index (κ1) is 16.2. The lowest BCUT2D eigenvalue weighted by atomic mass is 10.1. The van der Waals surface area contributed by atoms with Gasteiger partial charge >= 0.3 is 5.97 Å². The van der Waals surface area contributed by atoms with Crippen LogP contribution < -0.4 is 5.32 Å². The molecule has 1 aromatic heterocycles. The number of hydrogen-bond acceptors (Lipinski definition) is 4. The first-order chi connectivity index (χ1) is 10.4. The number of rotatable bonds is 5. The lowest BCUT2D eigenvalue weighted by molar-refractivity contribution is 0.0696. The van der Waals surface area contributed by atoms with E-state index in [0.29, 0.717) is 11.5 Å². The van der Waals surface area contributed by atoms with Gasteiger partial charge in [-0.25, -0.2) is 9.78 Å². The Morgan fingerprint density at radius 2 is 1.73 bits per heavy atom. The summed E-state index contributed by atoms with van der Waals surface area (Å²) in [5, 5.41) is 14.7. The van der Waals surface area contributed by atoms with Crippen LogP contribution in [0.4, 0.5) is 0 Å². The number of carboxylic acid groups (broad SMARTS) is 1. The predicted octanol–water partition coefficient (Wildman–Crippen LogP) is 3.46. The molecule has 2 rings (SSSR count). The highest BCUT2D eigenvalue weighted by Crippen LogP contribution is 2.22. The van der Waals surface area contributed by atoms with Crippen LogP contribution in [0.1, 0.15) is 64.1 Å². The summed E-state index contributed by atoms with van der Waals surface area (Å²) in [5.41, 5.74) is 1.42. The Hall–Kier alpha value is -2.21. The molecule has 0 saturated heterocycles. The molecule has 2 aromatic rings. The standard InChI is InChI=1S/C16H18N2O3S/c1-9(2)15-18-13(8-22-15)10(3)17-14(19)11-4-6-12(7-5-11)16(20)21/h4-10H,1-3H3,(H,17,19)(H,20,21)/t10-/m0/s1. The van der Waals surface area contributed by atoms with Crippen molar-refractivity contribution < 1.29 is 14.7 Å². The van der Waals surface area contributed by atoms with E-state index in [2.05, 4.69) is 24.1 Å². The van der Waals surface area contributed by atoms with Gasteiger partial charge in [-0.2, -0.15) is 0 Å². The molecule has 0 radical (unpaired) electrons. The molecule has 1 aromatic carbocycles. The molecule has 6 heteroatoms. The maximum atomic E-state index is 12.2. The summed E-state index contributed by atoms with van der Waals surface area (Å²) in [5.74, 6) is -0.891. The van der Waals surface area contributed by atoms with Gasteiger partial charge in [0.05, 0.1) is 22.3 Å². The van der Waals surface area contributed by atoms with Gasteiger partial charge in [0, 0.05) is 16.9 Å². The predicted molar refractivity (Wildman–Crippen MR) is 85.5 cm³/mol. The van der Waals surface area contributed by atoms with Gasteiger partial charge in [-0.15, -0.1) is 11.3 Å². The minimum Gasteiger partial charge on any atom is -0.478 e. The molecule has 0 saturated carbocycles. The Morgan fingerprint density at radius 1 is 1.14 bits per heavy atom. The van der Waals surface area contributed by atoms with Crippen molar-refractivity contribution in [3.8, 4) is 0 Å². The topological polar surface area (TPSA) is 79.3 Å². The number of nitrogens with zero attached hydrogens (tertiary/aromatic N) is 1. The third-order valence-corrected chi connectivity index (χ3v) is 4.38. The van der Waals surface area contributed by atoms with Crippen LogP contribution >= 0.6 is 11.3 Å². The van der Waals surface area contributed by atoms with Crippen LogP contribution in [0.2, 0.25) is 0 Å². The van der Waals surface area contributed by atoms with Crippen molar-refractivity contribution in [1.29, 1.82) is 0 Å². The number of hydrogen-bond donors (Lipinski definition) is 2. The Bertz CT molecular complexity index is 677. The maximum absolute atomic E-state index is 12.2. The molecule has 0 spiro atoms. The van der Waals surface area contributed by atoms with Gasteiger partial charge in [0.1, 0.15) is 0 Å². The van der Waals surface area contributed by atoms with Crippen molar-refractivity contribution >= 4 is 23.2 Å². The lowest BCUT2D eigenvalue weighted by Crippen LogP contribution is -2.26. The third kappa shape index (κ3) is 3.71. The maximum Gasteiger partial charge on any atom is 0.335 e. The monoisotopic (exact) mass is 318 g/mol. The molecule has 0 unspecified atom stereocenters. The number of carboxylic acids is 1. The van der Waals surface area contributed by atoms with Crippen molar-refractivity contribution in [3.05, 3.63) is 51.5 Å². The van der Waals surface area contributed by atoms with Crippen molar-refractivity contribution in [2.45, 2.75) is 32.7 Å². The highest BCUT2D eigenvalue weighted by molar-refractivity contribution is 7.09. The van der Waals surface area contributed by atoms with E-state index in [1.807, 2.05) is 12.3 Å². The number of aromatic carboxylic acids is 1. The molecule has 0 aliphatic carbocycles. The van der Waals surface area contributed by atoms with Crippen molar-refractivity contribution in [2.24, 2.45) is 0 Å². The van der Waals surface area contributed by atoms with Crippen LogP contribution in [0.3, 0.4) is 0 Å². The number of aromatic nitrogens is 1. The fraction of sp³-hybridized carbons (Fsp3) is 0.312. The van der Waals surface area contributed by atoms with E-state index in [0.717, 1.165) is 10.7 Å². The van der Waals surface area contributed by atoms with E-state index >= 15 is 0 Å². The minimum atomic E-state index is -1.01. The summed E-state index contributed by atoms with van der Waals surface area (Å²) in [6.07, 6.45) is 0. The van der Waals surface area contributed by atoms with Gasteiger partial charge in [-0.05, 0) is 31.2 Å².